The van der Waals surface area contributed by atoms with Gasteiger partial charge in [0, 0.05) is 12.0 Å². The molecule has 60 heavy (non-hydrogen) atoms. The molecule has 0 aromatic heterocycles. The van der Waals surface area contributed by atoms with Gasteiger partial charge in [-0.2, -0.15) is 0 Å². The number of anilines is 1. The van der Waals surface area contributed by atoms with Crippen molar-refractivity contribution in [1.29, 1.82) is 0 Å². The maximum atomic E-state index is 16.0. The van der Waals surface area contributed by atoms with Crippen molar-refractivity contribution in [2.24, 2.45) is 11.7 Å². The minimum Gasteiger partial charge on any atom is -0.491 e. The maximum absolute atomic E-state index is 16.0. The second-order valence-corrected chi connectivity index (χ2v) is 15.0. The highest BCUT2D eigenvalue weighted by Crippen LogP contribution is 2.65. The highest BCUT2D eigenvalue weighted by Gasteiger charge is 2.75. The normalized spacial score (nSPS) is 23.5. The Hall–Kier alpha value is -6.78. The molecule has 0 saturated carbocycles. The number of esters is 1. The SMILES string of the molecule is CC(NC(=O)N1C(=O)C2(c3cc(C#CCCO)ccc31)C(C(N)=O)C1C(=O)OC(c3ccccc3)C(c3ccccc3)N1C2c1ccc(OCCO)cc1)c1ccccc1. The standard InChI is InChI=1S/C48H44N4O8/c1-30(32-14-5-2-6-15-32)50-47(58)51-38-25-20-31(13-11-12-26-53)29-37(38)48(46(51)57)39(44(49)55)41-45(56)60-42(34-18-9-4-10-19-34)40(33-16-7-3-8-17-33)52(41)43(48)35-21-23-36(24-22-35)59-28-27-54/h2-10,14-25,29-30,39-43,53-54H,12,26-28H2,1H3,(H2,49,55)(H,50,58). The molecule has 4 amide bonds. The number of amides is 4. The minimum absolute atomic E-state index is 0.0444. The lowest BCUT2D eigenvalue weighted by molar-refractivity contribution is -0.178. The van der Waals surface area contributed by atoms with Gasteiger partial charge in [0.25, 0.3) is 0 Å². The van der Waals surface area contributed by atoms with Crippen LogP contribution < -0.4 is 20.7 Å². The lowest BCUT2D eigenvalue weighted by atomic mass is 9.65. The summed E-state index contributed by atoms with van der Waals surface area (Å²) in [6.07, 6.45) is -0.709. The third-order valence-corrected chi connectivity index (χ3v) is 11.6. The second kappa shape index (κ2) is 16.8. The van der Waals surface area contributed by atoms with E-state index in [1.165, 1.54) is 0 Å². The molecule has 5 aromatic carbocycles. The van der Waals surface area contributed by atoms with Gasteiger partial charge in [0.1, 0.15) is 29.9 Å². The number of nitrogens with two attached hydrogens (primary N) is 1. The second-order valence-electron chi connectivity index (χ2n) is 15.0. The van der Waals surface area contributed by atoms with Crippen molar-refractivity contribution in [2.75, 3.05) is 24.7 Å². The van der Waals surface area contributed by atoms with Gasteiger partial charge in [-0.3, -0.25) is 19.3 Å². The van der Waals surface area contributed by atoms with E-state index in [0.717, 1.165) is 16.0 Å². The van der Waals surface area contributed by atoms with E-state index in [9.17, 15) is 24.6 Å². The zero-order chi connectivity index (χ0) is 42.0. The molecule has 304 valence electrons. The number of primary amides is 1. The average molecular weight is 805 g/mol. The molecule has 2 saturated heterocycles. The van der Waals surface area contributed by atoms with Crippen molar-refractivity contribution < 1.29 is 38.9 Å². The zero-order valence-electron chi connectivity index (χ0n) is 32.8. The van der Waals surface area contributed by atoms with Crippen LogP contribution in [0.4, 0.5) is 10.5 Å². The number of morpholine rings is 1. The number of nitrogens with one attached hydrogen (secondary N) is 1. The van der Waals surface area contributed by atoms with Crippen LogP contribution in [-0.2, 0) is 24.5 Å². The van der Waals surface area contributed by atoms with Crippen LogP contribution in [0.25, 0.3) is 0 Å². The van der Waals surface area contributed by atoms with Crippen LogP contribution in [0.5, 0.6) is 5.75 Å². The van der Waals surface area contributed by atoms with Crippen LogP contribution in [0.1, 0.15) is 71.0 Å². The van der Waals surface area contributed by atoms with Crippen LogP contribution in [0.15, 0.2) is 133 Å². The van der Waals surface area contributed by atoms with Crippen LogP contribution in [0.2, 0.25) is 0 Å². The largest absolute Gasteiger partial charge is 0.491 e. The van der Waals surface area contributed by atoms with Gasteiger partial charge in [-0.05, 0) is 65.1 Å². The number of urea groups is 1. The number of cyclic esters (lactones) is 1. The number of hydrogen-bond donors (Lipinski definition) is 4. The number of rotatable bonds is 10. The first-order valence-corrected chi connectivity index (χ1v) is 19.9. The number of fused-ring (bicyclic) bond motifs is 3. The minimum atomic E-state index is -2.00. The van der Waals surface area contributed by atoms with E-state index in [0.29, 0.717) is 22.4 Å². The van der Waals surface area contributed by atoms with E-state index in [2.05, 4.69) is 17.2 Å². The Morgan fingerprint density at radius 3 is 2.12 bits per heavy atom. The number of hydrogen-bond acceptors (Lipinski definition) is 9. The molecule has 3 aliphatic rings. The smallest absolute Gasteiger partial charge is 0.329 e. The molecule has 3 aliphatic heterocycles. The molecule has 0 aliphatic carbocycles. The fourth-order valence-corrected chi connectivity index (χ4v) is 9.22. The lowest BCUT2D eigenvalue weighted by Gasteiger charge is -2.46. The molecule has 1 spiro atoms. The number of ether oxygens (including phenoxy) is 2. The van der Waals surface area contributed by atoms with E-state index >= 15 is 4.79 Å². The number of nitrogens with zero attached hydrogens (tertiary/aromatic N) is 2. The highest BCUT2D eigenvalue weighted by atomic mass is 16.6. The maximum Gasteiger partial charge on any atom is 0.329 e. The third kappa shape index (κ3) is 6.86. The summed E-state index contributed by atoms with van der Waals surface area (Å²) < 4.78 is 12.1. The van der Waals surface area contributed by atoms with Gasteiger partial charge >= 0.3 is 12.0 Å². The summed E-state index contributed by atoms with van der Waals surface area (Å²) in [5, 5.41) is 22.0. The van der Waals surface area contributed by atoms with E-state index in [1.807, 2.05) is 95.9 Å². The van der Waals surface area contributed by atoms with Gasteiger partial charge in [0.05, 0.1) is 42.9 Å². The summed E-state index contributed by atoms with van der Waals surface area (Å²) in [6.45, 7) is 1.48. The monoisotopic (exact) mass is 804 g/mol. The summed E-state index contributed by atoms with van der Waals surface area (Å²) in [6, 6.07) is 35.4. The number of imide groups is 1. The molecule has 5 N–H and O–H groups in total. The Balaban J connectivity index is 1.41. The van der Waals surface area contributed by atoms with Crippen LogP contribution in [0, 0.1) is 17.8 Å². The van der Waals surface area contributed by atoms with Crippen molar-refractivity contribution in [3.05, 3.63) is 167 Å². The summed E-state index contributed by atoms with van der Waals surface area (Å²) in [5.41, 5.74) is 8.17. The predicted octanol–water partition coefficient (Wildman–Crippen LogP) is 5.41. The molecule has 0 bridgehead atoms. The van der Waals surface area contributed by atoms with Gasteiger partial charge in [0.2, 0.25) is 11.8 Å². The fraction of sp³-hybridized carbons (Fsp3) is 0.250. The average Bonchev–Trinajstić information content (AvgIpc) is 3.73. The number of benzene rings is 5. The zero-order valence-corrected chi connectivity index (χ0v) is 32.8. The lowest BCUT2D eigenvalue weighted by Crippen LogP contribution is -2.55. The summed E-state index contributed by atoms with van der Waals surface area (Å²) in [5.74, 6) is 2.43. The van der Waals surface area contributed by atoms with E-state index in [-0.39, 0.29) is 37.5 Å². The first kappa shape index (κ1) is 40.0. The van der Waals surface area contributed by atoms with E-state index in [1.54, 1.807) is 49.4 Å². The Bertz CT molecular complexity index is 2450. The molecular formula is C48H44N4O8. The Morgan fingerprint density at radius 1 is 0.833 bits per heavy atom. The Morgan fingerprint density at radius 2 is 1.48 bits per heavy atom. The van der Waals surface area contributed by atoms with Crippen LogP contribution >= 0.6 is 0 Å². The van der Waals surface area contributed by atoms with Gasteiger partial charge in [-0.15, -0.1) is 0 Å². The molecule has 7 unspecified atom stereocenters. The van der Waals surface area contributed by atoms with E-state index < -0.39 is 65.4 Å². The van der Waals surface area contributed by atoms with Crippen LogP contribution in [0.3, 0.4) is 0 Å². The quantitative estimate of drug-likeness (QED) is 0.106. The molecule has 8 rings (SSSR count). The molecule has 12 nitrogen and oxygen atoms in total. The Kier molecular flexibility index (Phi) is 11.2. The van der Waals surface area contributed by atoms with Crippen molar-refractivity contribution in [2.45, 2.75) is 49.0 Å². The molecule has 0 radical (unpaired) electrons. The van der Waals surface area contributed by atoms with E-state index in [4.69, 9.17) is 15.2 Å². The van der Waals surface area contributed by atoms with Gasteiger partial charge in [0.15, 0.2) is 0 Å². The number of aliphatic hydroxyl groups excluding tert-OH is 2. The summed E-state index contributed by atoms with van der Waals surface area (Å²) in [4.78, 5) is 62.9. The van der Waals surface area contributed by atoms with Crippen molar-refractivity contribution in [1.82, 2.24) is 10.2 Å². The first-order valence-electron chi connectivity index (χ1n) is 19.9. The fourth-order valence-electron chi connectivity index (χ4n) is 9.22. The molecule has 12 heteroatoms. The molecule has 5 aromatic rings. The Labute approximate surface area is 347 Å². The van der Waals surface area contributed by atoms with Crippen molar-refractivity contribution >= 4 is 29.5 Å². The van der Waals surface area contributed by atoms with Crippen molar-refractivity contribution in [3.63, 3.8) is 0 Å². The van der Waals surface area contributed by atoms with Gasteiger partial charge in [-0.25, -0.2) is 9.69 Å². The van der Waals surface area contributed by atoms with Gasteiger partial charge in [-0.1, -0.05) is 115 Å². The predicted molar refractivity (Wildman–Crippen MR) is 222 cm³/mol. The van der Waals surface area contributed by atoms with Gasteiger partial charge < -0.3 is 30.7 Å². The summed E-state index contributed by atoms with van der Waals surface area (Å²) in [7, 11) is 0. The number of aliphatic hydroxyl groups is 2. The number of carbonyl (C=O) groups is 4. The first-order chi connectivity index (χ1) is 29.2. The highest BCUT2D eigenvalue weighted by molar-refractivity contribution is 6.24. The molecule has 7 atom stereocenters. The van der Waals surface area contributed by atoms with Crippen molar-refractivity contribution in [3.8, 4) is 17.6 Å². The topological polar surface area (TPSA) is 172 Å². The number of carbonyl (C=O) groups excluding carboxylic acids is 4. The molecular weight excluding hydrogens is 761 g/mol. The summed E-state index contributed by atoms with van der Waals surface area (Å²) >= 11 is 0. The van der Waals surface area contributed by atoms with Crippen LogP contribution in [-0.4, -0.2) is 64.8 Å². The molecule has 2 fully saturated rings. The molecule has 3 heterocycles. The third-order valence-electron chi connectivity index (χ3n) is 11.6.